The quantitative estimate of drug-likeness (QED) is 0.807. The summed E-state index contributed by atoms with van der Waals surface area (Å²) in [4.78, 5) is 15.1. The highest BCUT2D eigenvalue weighted by molar-refractivity contribution is 5.94. The molecule has 0 spiro atoms. The SMILES string of the molecule is O=C(O)c1cccn2nc(-c3ccc(F)cc3C(F)F)nc12. The van der Waals surface area contributed by atoms with Gasteiger partial charge in [-0.3, -0.25) is 0 Å². The maximum Gasteiger partial charge on any atom is 0.339 e. The number of benzene rings is 1. The van der Waals surface area contributed by atoms with Gasteiger partial charge in [0.05, 0.1) is 0 Å². The summed E-state index contributed by atoms with van der Waals surface area (Å²) in [5.41, 5.74) is -0.680. The number of fused-ring (bicyclic) bond motifs is 1. The number of aromatic carboxylic acids is 1. The van der Waals surface area contributed by atoms with Crippen LogP contribution in [0.25, 0.3) is 17.0 Å². The normalized spacial score (nSPS) is 11.3. The molecule has 0 saturated carbocycles. The largest absolute Gasteiger partial charge is 0.478 e. The molecular weight excluding hydrogens is 299 g/mol. The van der Waals surface area contributed by atoms with E-state index in [0.29, 0.717) is 6.07 Å². The number of nitrogens with zero attached hydrogens (tertiary/aromatic N) is 3. The zero-order chi connectivity index (χ0) is 15.9. The van der Waals surface area contributed by atoms with Crippen molar-refractivity contribution in [2.75, 3.05) is 0 Å². The van der Waals surface area contributed by atoms with Gasteiger partial charge in [-0.25, -0.2) is 27.5 Å². The van der Waals surface area contributed by atoms with Crippen molar-refractivity contribution in [1.29, 1.82) is 0 Å². The molecule has 22 heavy (non-hydrogen) atoms. The maximum atomic E-state index is 13.1. The maximum absolute atomic E-state index is 13.1. The van der Waals surface area contributed by atoms with Gasteiger partial charge in [0.1, 0.15) is 11.4 Å². The Morgan fingerprint density at radius 3 is 2.73 bits per heavy atom. The minimum atomic E-state index is -2.91. The first kappa shape index (κ1) is 14.1. The summed E-state index contributed by atoms with van der Waals surface area (Å²) >= 11 is 0. The average Bonchev–Trinajstić information content (AvgIpc) is 2.90. The third kappa shape index (κ3) is 2.28. The van der Waals surface area contributed by atoms with Gasteiger partial charge in [0.15, 0.2) is 11.5 Å². The Morgan fingerprint density at radius 1 is 1.27 bits per heavy atom. The van der Waals surface area contributed by atoms with E-state index in [-0.39, 0.29) is 22.6 Å². The van der Waals surface area contributed by atoms with Gasteiger partial charge in [-0.2, -0.15) is 0 Å². The number of hydrogen-bond acceptors (Lipinski definition) is 3. The van der Waals surface area contributed by atoms with Gasteiger partial charge in [0, 0.05) is 17.3 Å². The molecule has 3 aromatic rings. The lowest BCUT2D eigenvalue weighted by Crippen LogP contribution is -2.00. The smallest absolute Gasteiger partial charge is 0.339 e. The number of alkyl halides is 2. The fraction of sp³-hybridized carbons (Fsp3) is 0.0714. The van der Waals surface area contributed by atoms with Crippen molar-refractivity contribution in [1.82, 2.24) is 14.6 Å². The molecule has 0 aliphatic heterocycles. The van der Waals surface area contributed by atoms with Crippen LogP contribution in [0.15, 0.2) is 36.5 Å². The molecule has 0 saturated heterocycles. The molecule has 0 aliphatic carbocycles. The van der Waals surface area contributed by atoms with Crippen molar-refractivity contribution in [3.05, 3.63) is 53.5 Å². The van der Waals surface area contributed by atoms with E-state index in [2.05, 4.69) is 10.1 Å². The molecule has 0 fully saturated rings. The van der Waals surface area contributed by atoms with Gasteiger partial charge in [-0.05, 0) is 30.3 Å². The lowest BCUT2D eigenvalue weighted by molar-refractivity contribution is 0.0698. The highest BCUT2D eigenvalue weighted by Gasteiger charge is 2.20. The van der Waals surface area contributed by atoms with Crippen molar-refractivity contribution in [3.8, 4) is 11.4 Å². The topological polar surface area (TPSA) is 67.5 Å². The molecule has 0 radical (unpaired) electrons. The summed E-state index contributed by atoms with van der Waals surface area (Å²) in [6.45, 7) is 0. The second-order valence-corrected chi connectivity index (χ2v) is 4.46. The van der Waals surface area contributed by atoms with Crippen LogP contribution >= 0.6 is 0 Å². The van der Waals surface area contributed by atoms with Crippen molar-refractivity contribution >= 4 is 11.6 Å². The highest BCUT2D eigenvalue weighted by Crippen LogP contribution is 2.30. The van der Waals surface area contributed by atoms with Crippen LogP contribution in [0.4, 0.5) is 13.2 Å². The molecule has 5 nitrogen and oxygen atoms in total. The third-order valence-corrected chi connectivity index (χ3v) is 3.08. The predicted molar refractivity (Wildman–Crippen MR) is 70.3 cm³/mol. The number of carboxylic acid groups (broad SMARTS) is 1. The van der Waals surface area contributed by atoms with Gasteiger partial charge >= 0.3 is 5.97 Å². The molecule has 3 rings (SSSR count). The Bertz CT molecular complexity index is 877. The van der Waals surface area contributed by atoms with Crippen molar-refractivity contribution < 1.29 is 23.1 Å². The van der Waals surface area contributed by atoms with Gasteiger partial charge in [0.25, 0.3) is 6.43 Å². The number of aromatic nitrogens is 3. The van der Waals surface area contributed by atoms with E-state index in [0.717, 1.165) is 12.1 Å². The van der Waals surface area contributed by atoms with E-state index < -0.39 is 23.8 Å². The molecular formula is C14H8F3N3O2. The van der Waals surface area contributed by atoms with Crippen LogP contribution in [0.2, 0.25) is 0 Å². The summed E-state index contributed by atoms with van der Waals surface area (Å²) in [6, 6.07) is 5.66. The van der Waals surface area contributed by atoms with E-state index in [9.17, 15) is 18.0 Å². The van der Waals surface area contributed by atoms with Crippen LogP contribution in [-0.4, -0.2) is 25.7 Å². The zero-order valence-corrected chi connectivity index (χ0v) is 10.9. The number of hydrogen-bond donors (Lipinski definition) is 1. The molecule has 8 heteroatoms. The lowest BCUT2D eigenvalue weighted by atomic mass is 10.1. The number of halogens is 3. The fourth-order valence-corrected chi connectivity index (χ4v) is 2.10. The third-order valence-electron chi connectivity index (χ3n) is 3.08. The lowest BCUT2D eigenvalue weighted by Gasteiger charge is -2.05. The molecule has 0 amide bonds. The van der Waals surface area contributed by atoms with Crippen LogP contribution in [0.5, 0.6) is 0 Å². The van der Waals surface area contributed by atoms with E-state index >= 15 is 0 Å². The number of rotatable bonds is 3. The molecule has 0 atom stereocenters. The summed E-state index contributed by atoms with van der Waals surface area (Å²) < 4.78 is 40.4. The van der Waals surface area contributed by atoms with Crippen LogP contribution in [0.1, 0.15) is 22.3 Å². The fourth-order valence-electron chi connectivity index (χ4n) is 2.10. The van der Waals surface area contributed by atoms with Crippen LogP contribution < -0.4 is 0 Å². The van der Waals surface area contributed by atoms with Crippen LogP contribution in [-0.2, 0) is 0 Å². The zero-order valence-electron chi connectivity index (χ0n) is 10.9. The van der Waals surface area contributed by atoms with Gasteiger partial charge in [-0.1, -0.05) is 0 Å². The first-order chi connectivity index (χ1) is 10.5. The second kappa shape index (κ2) is 5.14. The molecule has 2 aromatic heterocycles. The highest BCUT2D eigenvalue weighted by atomic mass is 19.3. The Labute approximate surface area is 121 Å². The van der Waals surface area contributed by atoms with Gasteiger partial charge in [-0.15, -0.1) is 5.10 Å². The Morgan fingerprint density at radius 2 is 2.05 bits per heavy atom. The van der Waals surface area contributed by atoms with E-state index in [4.69, 9.17) is 5.11 Å². The van der Waals surface area contributed by atoms with Crippen molar-refractivity contribution in [2.24, 2.45) is 0 Å². The Balaban J connectivity index is 2.24. The number of carboxylic acids is 1. The predicted octanol–water partition coefficient (Wildman–Crippen LogP) is 3.17. The van der Waals surface area contributed by atoms with E-state index in [1.54, 1.807) is 0 Å². The van der Waals surface area contributed by atoms with Crippen molar-refractivity contribution in [3.63, 3.8) is 0 Å². The van der Waals surface area contributed by atoms with Crippen molar-refractivity contribution in [2.45, 2.75) is 6.43 Å². The molecule has 0 aliphatic rings. The summed E-state index contributed by atoms with van der Waals surface area (Å²) in [7, 11) is 0. The standard InChI is InChI=1S/C14H8F3N3O2/c15-7-3-4-8(10(6-7)11(16)17)12-18-13-9(14(21)22)2-1-5-20(13)19-12/h1-6,11H,(H,21,22). The summed E-state index contributed by atoms with van der Waals surface area (Å²) in [5, 5.41) is 13.1. The molecule has 1 aromatic carbocycles. The number of carbonyl (C=O) groups is 1. The summed E-state index contributed by atoms with van der Waals surface area (Å²) in [6.07, 6.45) is -1.46. The molecule has 0 unspecified atom stereocenters. The number of pyridine rings is 1. The Kier molecular flexibility index (Phi) is 3.28. The van der Waals surface area contributed by atoms with E-state index in [1.807, 2.05) is 0 Å². The molecule has 0 bridgehead atoms. The first-order valence-electron chi connectivity index (χ1n) is 6.14. The Hall–Kier alpha value is -2.90. The first-order valence-corrected chi connectivity index (χ1v) is 6.14. The monoisotopic (exact) mass is 307 g/mol. The molecule has 112 valence electrons. The van der Waals surface area contributed by atoms with E-state index in [1.165, 1.54) is 22.8 Å². The van der Waals surface area contributed by atoms with Gasteiger partial charge < -0.3 is 5.11 Å². The van der Waals surface area contributed by atoms with Crippen LogP contribution in [0, 0.1) is 5.82 Å². The van der Waals surface area contributed by atoms with Crippen LogP contribution in [0.3, 0.4) is 0 Å². The second-order valence-electron chi connectivity index (χ2n) is 4.46. The molecule has 2 heterocycles. The minimum absolute atomic E-state index is 0.0227. The van der Waals surface area contributed by atoms with Gasteiger partial charge in [0.2, 0.25) is 0 Å². The summed E-state index contributed by atoms with van der Waals surface area (Å²) in [5.74, 6) is -2.10. The molecule has 1 N–H and O–H groups in total. The minimum Gasteiger partial charge on any atom is -0.478 e. The average molecular weight is 307 g/mol.